The van der Waals surface area contributed by atoms with Crippen molar-refractivity contribution in [2.45, 2.75) is 18.4 Å². The van der Waals surface area contributed by atoms with Crippen LogP contribution in [0.25, 0.3) is 0 Å². The summed E-state index contributed by atoms with van der Waals surface area (Å²) in [7, 11) is 1.32. The number of nitrogens with zero attached hydrogens (tertiary/aromatic N) is 2. The monoisotopic (exact) mass is 300 g/mol. The first kappa shape index (κ1) is 15.3. The second-order valence-electron chi connectivity index (χ2n) is 4.81. The van der Waals surface area contributed by atoms with Crippen molar-refractivity contribution in [2.24, 2.45) is 0 Å². The molecule has 1 N–H and O–H groups in total. The van der Waals surface area contributed by atoms with Crippen molar-refractivity contribution in [3.8, 4) is 0 Å². The van der Waals surface area contributed by atoms with Gasteiger partial charge in [-0.05, 0) is 12.8 Å². The number of ether oxygens (including phenoxy) is 1. The van der Waals surface area contributed by atoms with Gasteiger partial charge < -0.3 is 14.7 Å². The number of aromatic nitrogens is 1. The molecule has 21 heavy (non-hydrogen) atoms. The van der Waals surface area contributed by atoms with E-state index in [1.807, 2.05) is 0 Å². The highest BCUT2D eigenvalue weighted by Gasteiger charge is 2.51. The molecule has 2 rings (SSSR count). The molecule has 1 unspecified atom stereocenters. The van der Waals surface area contributed by atoms with Gasteiger partial charge in [0.1, 0.15) is 5.82 Å². The predicted octanol–water partition coefficient (Wildman–Crippen LogP) is 1.07. The van der Waals surface area contributed by atoms with Gasteiger partial charge in [0, 0.05) is 19.7 Å². The van der Waals surface area contributed by atoms with E-state index in [0.717, 1.165) is 4.90 Å². The molecule has 0 saturated carbocycles. The smallest absolute Gasteiger partial charge is 0.332 e. The number of halogens is 2. The fraction of sp³-hybridized carbons (Fsp3) is 0.462. The summed E-state index contributed by atoms with van der Waals surface area (Å²) in [5.41, 5.74) is -2.14. The molecule has 0 spiro atoms. The molecule has 0 bridgehead atoms. The number of methoxy groups -OCH3 is 1. The largest absolute Gasteiger partial charge is 0.479 e. The molecular formula is C13H14F2N2O4. The van der Waals surface area contributed by atoms with Gasteiger partial charge in [0.15, 0.2) is 17.1 Å². The van der Waals surface area contributed by atoms with Crippen LogP contribution in [0, 0.1) is 11.6 Å². The summed E-state index contributed by atoms with van der Waals surface area (Å²) in [5, 5.41) is 9.43. The Morgan fingerprint density at radius 2 is 2.24 bits per heavy atom. The van der Waals surface area contributed by atoms with Gasteiger partial charge in [-0.3, -0.25) is 4.79 Å². The number of likely N-dealkylation sites (tertiary alicyclic amines) is 1. The molecule has 1 saturated heterocycles. The number of pyridine rings is 1. The zero-order valence-electron chi connectivity index (χ0n) is 11.3. The lowest BCUT2D eigenvalue weighted by molar-refractivity contribution is -0.151. The second kappa shape index (κ2) is 5.72. The van der Waals surface area contributed by atoms with Gasteiger partial charge in [-0.15, -0.1) is 0 Å². The van der Waals surface area contributed by atoms with Crippen LogP contribution in [0.1, 0.15) is 23.3 Å². The molecule has 2 heterocycles. The fourth-order valence-electron chi connectivity index (χ4n) is 2.55. The summed E-state index contributed by atoms with van der Waals surface area (Å²) in [6.07, 6.45) is 1.36. The fourth-order valence-corrected chi connectivity index (χ4v) is 2.55. The molecule has 6 nitrogen and oxygen atoms in total. The van der Waals surface area contributed by atoms with Crippen LogP contribution in [0.4, 0.5) is 8.78 Å². The van der Waals surface area contributed by atoms with Crippen LogP contribution >= 0.6 is 0 Å². The zero-order chi connectivity index (χ0) is 15.6. The molecule has 0 aromatic carbocycles. The highest BCUT2D eigenvalue weighted by atomic mass is 19.1. The third kappa shape index (κ3) is 2.58. The van der Waals surface area contributed by atoms with Crippen LogP contribution in [0.2, 0.25) is 0 Å². The second-order valence-corrected chi connectivity index (χ2v) is 4.81. The first-order valence-electron chi connectivity index (χ1n) is 6.28. The van der Waals surface area contributed by atoms with Gasteiger partial charge in [0.25, 0.3) is 5.91 Å². The topological polar surface area (TPSA) is 79.7 Å². The minimum Gasteiger partial charge on any atom is -0.479 e. The first-order chi connectivity index (χ1) is 9.92. The van der Waals surface area contributed by atoms with E-state index in [-0.39, 0.29) is 19.6 Å². The van der Waals surface area contributed by atoms with E-state index in [2.05, 4.69) is 4.98 Å². The van der Waals surface area contributed by atoms with Gasteiger partial charge in [0.05, 0.1) is 12.8 Å². The Labute approximate surface area is 119 Å². The lowest BCUT2D eigenvalue weighted by Gasteiger charge is -2.33. The zero-order valence-corrected chi connectivity index (χ0v) is 11.3. The molecule has 1 atom stereocenters. The van der Waals surface area contributed by atoms with Crippen molar-refractivity contribution in [1.82, 2.24) is 9.88 Å². The van der Waals surface area contributed by atoms with Crippen LogP contribution < -0.4 is 0 Å². The van der Waals surface area contributed by atoms with Crippen LogP contribution in [0.3, 0.4) is 0 Å². The summed E-state index contributed by atoms with van der Waals surface area (Å²) in [6.45, 7) is -0.0656. The standard InChI is InChI=1S/C13H14F2N2O4/c1-21-7-13(12(19)20)3-2-4-17(13)11(18)10-9(15)5-8(14)6-16-10/h5-6H,2-4,7H2,1H3,(H,19,20). The summed E-state index contributed by atoms with van der Waals surface area (Å²) in [4.78, 5) is 28.4. The Balaban J connectivity index is 2.39. The Bertz CT molecular complexity index is 581. The molecule has 1 aromatic rings. The lowest BCUT2D eigenvalue weighted by atomic mass is 9.97. The Morgan fingerprint density at radius 3 is 2.81 bits per heavy atom. The van der Waals surface area contributed by atoms with E-state index in [1.165, 1.54) is 7.11 Å². The van der Waals surface area contributed by atoms with E-state index in [9.17, 15) is 23.5 Å². The van der Waals surface area contributed by atoms with E-state index >= 15 is 0 Å². The lowest BCUT2D eigenvalue weighted by Crippen LogP contribution is -2.56. The summed E-state index contributed by atoms with van der Waals surface area (Å²) in [5.74, 6) is -4.14. The molecule has 1 amide bonds. The van der Waals surface area contributed by atoms with Crippen molar-refractivity contribution >= 4 is 11.9 Å². The van der Waals surface area contributed by atoms with Crippen molar-refractivity contribution < 1.29 is 28.2 Å². The Kier molecular flexibility index (Phi) is 4.17. The normalized spacial score (nSPS) is 21.6. The number of aliphatic carboxylic acids is 1. The highest BCUT2D eigenvalue weighted by Crippen LogP contribution is 2.31. The number of carboxylic acids is 1. The minimum absolute atomic E-state index is 0.146. The van der Waals surface area contributed by atoms with Crippen LogP contribution in [0.15, 0.2) is 12.3 Å². The van der Waals surface area contributed by atoms with Crippen molar-refractivity contribution in [1.29, 1.82) is 0 Å². The Hall–Kier alpha value is -2.09. The van der Waals surface area contributed by atoms with Gasteiger partial charge in [-0.2, -0.15) is 0 Å². The number of amides is 1. The van der Waals surface area contributed by atoms with Crippen LogP contribution in [0.5, 0.6) is 0 Å². The first-order valence-corrected chi connectivity index (χ1v) is 6.28. The molecule has 1 aliphatic heterocycles. The van der Waals surface area contributed by atoms with E-state index in [1.54, 1.807) is 0 Å². The van der Waals surface area contributed by atoms with Gasteiger partial charge in [-0.1, -0.05) is 0 Å². The molecule has 8 heteroatoms. The SMILES string of the molecule is COCC1(C(=O)O)CCCN1C(=O)c1ncc(F)cc1F. The van der Waals surface area contributed by atoms with E-state index < -0.39 is 34.7 Å². The molecule has 1 aromatic heterocycles. The van der Waals surface area contributed by atoms with E-state index in [4.69, 9.17) is 4.74 Å². The summed E-state index contributed by atoms with van der Waals surface area (Å²) < 4.78 is 31.4. The number of carbonyl (C=O) groups excluding carboxylic acids is 1. The molecule has 0 radical (unpaired) electrons. The van der Waals surface area contributed by atoms with E-state index in [0.29, 0.717) is 18.7 Å². The number of carboxylic acid groups (broad SMARTS) is 1. The van der Waals surface area contributed by atoms with Crippen LogP contribution in [-0.2, 0) is 9.53 Å². The summed E-state index contributed by atoms with van der Waals surface area (Å²) in [6, 6.07) is 0.537. The van der Waals surface area contributed by atoms with Crippen molar-refractivity contribution in [3.63, 3.8) is 0 Å². The quantitative estimate of drug-likeness (QED) is 0.899. The third-order valence-electron chi connectivity index (χ3n) is 3.53. The number of hydrogen-bond donors (Lipinski definition) is 1. The maximum atomic E-state index is 13.7. The van der Waals surface area contributed by atoms with Crippen molar-refractivity contribution in [3.05, 3.63) is 29.6 Å². The average molecular weight is 300 g/mol. The molecule has 114 valence electrons. The van der Waals surface area contributed by atoms with Gasteiger partial charge >= 0.3 is 5.97 Å². The number of carbonyl (C=O) groups is 2. The molecule has 1 aliphatic rings. The van der Waals surface area contributed by atoms with Crippen LogP contribution in [-0.4, -0.2) is 52.7 Å². The number of rotatable bonds is 4. The molecular weight excluding hydrogens is 286 g/mol. The predicted molar refractivity (Wildman–Crippen MR) is 66.7 cm³/mol. The minimum atomic E-state index is -1.55. The molecule has 0 aliphatic carbocycles. The Morgan fingerprint density at radius 1 is 1.52 bits per heavy atom. The molecule has 1 fully saturated rings. The third-order valence-corrected chi connectivity index (χ3v) is 3.53. The summed E-state index contributed by atoms with van der Waals surface area (Å²) >= 11 is 0. The number of hydrogen-bond acceptors (Lipinski definition) is 4. The van der Waals surface area contributed by atoms with Gasteiger partial charge in [0.2, 0.25) is 0 Å². The maximum absolute atomic E-state index is 13.7. The van der Waals surface area contributed by atoms with Gasteiger partial charge in [-0.25, -0.2) is 18.6 Å². The average Bonchev–Trinajstić information content (AvgIpc) is 2.83. The highest BCUT2D eigenvalue weighted by molar-refractivity contribution is 5.97. The maximum Gasteiger partial charge on any atom is 0.332 e. The van der Waals surface area contributed by atoms with Crippen molar-refractivity contribution in [2.75, 3.05) is 20.3 Å².